The monoisotopic (exact) mass is 335 g/mol. The van der Waals surface area contributed by atoms with Gasteiger partial charge in [0.25, 0.3) is 10.0 Å². The van der Waals surface area contributed by atoms with E-state index in [0.29, 0.717) is 0 Å². The molecule has 1 aromatic rings. The molecule has 1 N–H and O–H groups in total. The Kier molecular flexibility index (Phi) is 4.66. The topological polar surface area (TPSA) is 92.5 Å². The van der Waals surface area contributed by atoms with E-state index in [0.717, 1.165) is 17.9 Å². The van der Waals surface area contributed by atoms with Crippen LogP contribution in [0, 0.1) is 0 Å². The molecule has 0 bridgehead atoms. The molecule has 0 aliphatic rings. The predicted molar refractivity (Wildman–Crippen MR) is 60.7 cm³/mol. The predicted octanol–water partition coefficient (Wildman–Crippen LogP) is 0.711. The Morgan fingerprint density at radius 3 is 2.45 bits per heavy atom. The fraction of sp³-hybridized carbons (Fsp3) is 0.500. The van der Waals surface area contributed by atoms with E-state index in [4.69, 9.17) is 16.7 Å². The lowest BCUT2D eigenvalue weighted by Crippen LogP contribution is -2.42. The van der Waals surface area contributed by atoms with E-state index in [1.165, 1.54) is 0 Å². The van der Waals surface area contributed by atoms with Crippen molar-refractivity contribution < 1.29 is 31.5 Å². The molecule has 0 saturated carbocycles. The van der Waals surface area contributed by atoms with Gasteiger partial charge in [0.1, 0.15) is 13.1 Å². The number of rotatable bonds is 5. The highest BCUT2D eigenvalue weighted by atomic mass is 35.5. The van der Waals surface area contributed by atoms with Crippen molar-refractivity contribution in [1.82, 2.24) is 14.1 Å². The van der Waals surface area contributed by atoms with Crippen LogP contribution in [-0.4, -0.2) is 52.8 Å². The maximum atomic E-state index is 12.4. The summed E-state index contributed by atoms with van der Waals surface area (Å²) in [5, 5.41) is 10.9. The van der Waals surface area contributed by atoms with Crippen LogP contribution < -0.4 is 0 Å². The van der Waals surface area contributed by atoms with Gasteiger partial charge in [0.05, 0.1) is 11.2 Å². The number of nitrogens with zero attached hydrogens (tertiary/aromatic N) is 3. The van der Waals surface area contributed by atoms with E-state index >= 15 is 0 Å². The lowest BCUT2D eigenvalue weighted by atomic mass is 10.5. The SMILES string of the molecule is Cn1ncc(Cl)c1S(=O)(=O)N(CC(=O)O)CC(F)(F)F. The smallest absolute Gasteiger partial charge is 0.402 e. The van der Waals surface area contributed by atoms with Crippen molar-refractivity contribution in [2.45, 2.75) is 11.2 Å². The number of aryl methyl sites for hydroxylation is 1. The third-order valence-corrected chi connectivity index (χ3v) is 4.39. The summed E-state index contributed by atoms with van der Waals surface area (Å²) in [6.45, 7) is -3.29. The Hall–Kier alpha value is -1.33. The van der Waals surface area contributed by atoms with Crippen LogP contribution in [-0.2, 0) is 21.9 Å². The molecule has 0 radical (unpaired) electrons. The number of aliphatic carboxylic acids is 1. The van der Waals surface area contributed by atoms with E-state index in [1.54, 1.807) is 0 Å². The first-order chi connectivity index (χ1) is 8.95. The summed E-state index contributed by atoms with van der Waals surface area (Å²) < 4.78 is 61.8. The first-order valence-corrected chi connectivity index (χ1v) is 6.73. The average molecular weight is 336 g/mol. The second-order valence-corrected chi connectivity index (χ2v) is 5.96. The normalized spacial score (nSPS) is 12.9. The minimum absolute atomic E-state index is 0.224. The lowest BCUT2D eigenvalue weighted by Gasteiger charge is -2.21. The van der Waals surface area contributed by atoms with Crippen LogP contribution in [0.3, 0.4) is 0 Å². The first-order valence-electron chi connectivity index (χ1n) is 4.91. The van der Waals surface area contributed by atoms with Crippen molar-refractivity contribution in [3.8, 4) is 0 Å². The van der Waals surface area contributed by atoms with Crippen molar-refractivity contribution in [3.05, 3.63) is 11.2 Å². The molecule has 0 unspecified atom stereocenters. The minimum Gasteiger partial charge on any atom is -0.480 e. The zero-order valence-electron chi connectivity index (χ0n) is 9.93. The molecular weight excluding hydrogens is 327 g/mol. The number of carboxylic acids is 1. The summed E-state index contributed by atoms with van der Waals surface area (Å²) in [5.74, 6) is -1.73. The van der Waals surface area contributed by atoms with Gasteiger partial charge >= 0.3 is 12.1 Å². The van der Waals surface area contributed by atoms with Crippen LogP contribution in [0.25, 0.3) is 0 Å². The van der Waals surface area contributed by atoms with Crippen molar-refractivity contribution in [1.29, 1.82) is 0 Å². The number of sulfonamides is 1. The molecule has 20 heavy (non-hydrogen) atoms. The standard InChI is InChI=1S/C8H9ClF3N3O4S/c1-14-7(5(9)2-13-14)20(18,19)15(3-6(16)17)4-8(10,11)12/h2H,3-4H2,1H3,(H,16,17). The summed E-state index contributed by atoms with van der Waals surface area (Å²) in [6.07, 6.45) is -3.96. The van der Waals surface area contributed by atoms with E-state index < -0.39 is 45.3 Å². The van der Waals surface area contributed by atoms with Crippen LogP contribution in [0.5, 0.6) is 0 Å². The molecule has 0 saturated heterocycles. The van der Waals surface area contributed by atoms with E-state index in [2.05, 4.69) is 5.10 Å². The van der Waals surface area contributed by atoms with Gasteiger partial charge in [0.2, 0.25) is 0 Å². The minimum atomic E-state index is -4.90. The molecule has 0 aliphatic heterocycles. The molecule has 0 aliphatic carbocycles. The average Bonchev–Trinajstić information content (AvgIpc) is 2.55. The van der Waals surface area contributed by atoms with Crippen molar-refractivity contribution >= 4 is 27.6 Å². The Morgan fingerprint density at radius 1 is 1.55 bits per heavy atom. The van der Waals surface area contributed by atoms with Gasteiger partial charge in [-0.15, -0.1) is 0 Å². The number of hydrogen-bond acceptors (Lipinski definition) is 4. The van der Waals surface area contributed by atoms with Gasteiger partial charge in [-0.05, 0) is 0 Å². The summed E-state index contributed by atoms with van der Waals surface area (Å²) in [5.41, 5.74) is 0. The van der Waals surface area contributed by atoms with Crippen LogP contribution in [0.15, 0.2) is 11.2 Å². The van der Waals surface area contributed by atoms with Gasteiger partial charge in [-0.25, -0.2) is 8.42 Å². The molecule has 1 heterocycles. The summed E-state index contributed by atoms with van der Waals surface area (Å²) in [6, 6.07) is 0. The molecule has 0 atom stereocenters. The molecule has 7 nitrogen and oxygen atoms in total. The fourth-order valence-electron chi connectivity index (χ4n) is 1.39. The van der Waals surface area contributed by atoms with Crippen molar-refractivity contribution in [3.63, 3.8) is 0 Å². The number of aromatic nitrogens is 2. The van der Waals surface area contributed by atoms with Gasteiger partial charge in [0, 0.05) is 7.05 Å². The number of carboxylic acid groups (broad SMARTS) is 1. The quantitative estimate of drug-likeness (QED) is 0.855. The lowest BCUT2D eigenvalue weighted by molar-refractivity contribution is -0.146. The van der Waals surface area contributed by atoms with Crippen molar-refractivity contribution in [2.24, 2.45) is 7.05 Å². The fourth-order valence-corrected chi connectivity index (χ4v) is 3.37. The highest BCUT2D eigenvalue weighted by molar-refractivity contribution is 7.89. The highest BCUT2D eigenvalue weighted by Crippen LogP contribution is 2.26. The molecule has 0 fully saturated rings. The Morgan fingerprint density at radius 2 is 2.10 bits per heavy atom. The largest absolute Gasteiger partial charge is 0.480 e. The molecule has 0 amide bonds. The van der Waals surface area contributed by atoms with Crippen LogP contribution in [0.1, 0.15) is 0 Å². The van der Waals surface area contributed by atoms with Crippen LogP contribution >= 0.6 is 11.6 Å². The van der Waals surface area contributed by atoms with Gasteiger partial charge in [0.15, 0.2) is 5.03 Å². The Balaban J connectivity index is 3.28. The summed E-state index contributed by atoms with van der Waals surface area (Å²) in [4.78, 5) is 10.6. The molecular formula is C8H9ClF3N3O4S. The second kappa shape index (κ2) is 5.58. The Bertz CT molecular complexity index is 593. The van der Waals surface area contributed by atoms with E-state index in [1.807, 2.05) is 0 Å². The van der Waals surface area contributed by atoms with Crippen LogP contribution in [0.4, 0.5) is 13.2 Å². The molecule has 114 valence electrons. The number of alkyl halides is 3. The third kappa shape index (κ3) is 3.84. The molecule has 1 rings (SSSR count). The van der Waals surface area contributed by atoms with Gasteiger partial charge in [-0.3, -0.25) is 9.48 Å². The molecule has 0 aromatic carbocycles. The number of hydrogen-bond donors (Lipinski definition) is 1. The third-order valence-electron chi connectivity index (χ3n) is 2.09. The van der Waals surface area contributed by atoms with E-state index in [9.17, 15) is 26.4 Å². The maximum absolute atomic E-state index is 12.4. The number of carbonyl (C=O) groups is 1. The second-order valence-electron chi connectivity index (χ2n) is 3.70. The first kappa shape index (κ1) is 16.7. The Labute approximate surface area is 116 Å². The zero-order chi connectivity index (χ0) is 15.7. The van der Waals surface area contributed by atoms with Crippen molar-refractivity contribution in [2.75, 3.05) is 13.1 Å². The zero-order valence-corrected chi connectivity index (χ0v) is 11.5. The molecule has 1 aromatic heterocycles. The van der Waals surface area contributed by atoms with Gasteiger partial charge < -0.3 is 5.11 Å². The number of halogens is 4. The summed E-state index contributed by atoms with van der Waals surface area (Å²) >= 11 is 5.56. The maximum Gasteiger partial charge on any atom is 0.402 e. The summed E-state index contributed by atoms with van der Waals surface area (Å²) in [7, 11) is -3.59. The molecule has 0 spiro atoms. The van der Waals surface area contributed by atoms with Gasteiger partial charge in [-0.2, -0.15) is 22.6 Å². The highest BCUT2D eigenvalue weighted by Gasteiger charge is 2.40. The molecule has 12 heteroatoms. The van der Waals surface area contributed by atoms with Crippen LogP contribution in [0.2, 0.25) is 5.02 Å². The van der Waals surface area contributed by atoms with E-state index in [-0.39, 0.29) is 4.31 Å². The van der Waals surface area contributed by atoms with Gasteiger partial charge in [-0.1, -0.05) is 11.6 Å².